The van der Waals surface area contributed by atoms with Crippen LogP contribution in [-0.4, -0.2) is 46.1 Å². The SMILES string of the molecule is NS(=O)(=O)c1ccc(CCNC[C@H](O)COCc2ccc3c(c2)OCO3)cc1. The Morgan fingerprint density at radius 2 is 1.82 bits per heavy atom. The number of aliphatic hydroxyl groups excluding tert-OH is 1. The zero-order chi connectivity index (χ0) is 20.0. The monoisotopic (exact) mass is 408 g/mol. The third-order valence-electron chi connectivity index (χ3n) is 4.24. The van der Waals surface area contributed by atoms with Crippen molar-refractivity contribution in [3.8, 4) is 11.5 Å². The lowest BCUT2D eigenvalue weighted by molar-refractivity contribution is 0.0289. The molecule has 0 aromatic heterocycles. The van der Waals surface area contributed by atoms with Crippen molar-refractivity contribution < 1.29 is 27.7 Å². The fraction of sp³-hybridized carbons (Fsp3) is 0.368. The Kier molecular flexibility index (Phi) is 6.87. The first kappa shape index (κ1) is 20.6. The molecule has 0 saturated heterocycles. The van der Waals surface area contributed by atoms with Gasteiger partial charge in [-0.1, -0.05) is 18.2 Å². The van der Waals surface area contributed by atoms with Crippen molar-refractivity contribution in [2.45, 2.75) is 24.0 Å². The molecule has 2 aromatic rings. The first-order valence-electron chi connectivity index (χ1n) is 8.88. The van der Waals surface area contributed by atoms with Crippen molar-refractivity contribution in [1.29, 1.82) is 0 Å². The van der Waals surface area contributed by atoms with Gasteiger partial charge in [-0.2, -0.15) is 0 Å². The summed E-state index contributed by atoms with van der Waals surface area (Å²) in [6, 6.07) is 12.0. The van der Waals surface area contributed by atoms with Gasteiger partial charge in [0.1, 0.15) is 0 Å². The van der Waals surface area contributed by atoms with Gasteiger partial charge in [-0.05, 0) is 48.4 Å². The van der Waals surface area contributed by atoms with E-state index < -0.39 is 16.1 Å². The van der Waals surface area contributed by atoms with Gasteiger partial charge in [-0.3, -0.25) is 0 Å². The van der Waals surface area contributed by atoms with Crippen LogP contribution in [0.3, 0.4) is 0 Å². The van der Waals surface area contributed by atoms with E-state index in [0.717, 1.165) is 16.9 Å². The van der Waals surface area contributed by atoms with Crippen molar-refractivity contribution in [2.75, 3.05) is 26.5 Å². The van der Waals surface area contributed by atoms with Crippen LogP contribution in [0.5, 0.6) is 11.5 Å². The molecule has 1 aliphatic rings. The van der Waals surface area contributed by atoms with E-state index in [1.54, 1.807) is 12.1 Å². The number of aliphatic hydroxyl groups is 1. The van der Waals surface area contributed by atoms with Gasteiger partial charge in [0.25, 0.3) is 0 Å². The van der Waals surface area contributed by atoms with Crippen LogP contribution < -0.4 is 19.9 Å². The van der Waals surface area contributed by atoms with Gasteiger partial charge in [-0.15, -0.1) is 0 Å². The van der Waals surface area contributed by atoms with Gasteiger partial charge in [0, 0.05) is 6.54 Å². The van der Waals surface area contributed by atoms with Crippen LogP contribution in [0.1, 0.15) is 11.1 Å². The number of benzene rings is 2. The summed E-state index contributed by atoms with van der Waals surface area (Å²) in [5.41, 5.74) is 1.93. The van der Waals surface area contributed by atoms with E-state index in [9.17, 15) is 13.5 Å². The zero-order valence-corrected chi connectivity index (χ0v) is 16.2. The lowest BCUT2D eigenvalue weighted by atomic mass is 10.1. The molecule has 1 atom stereocenters. The summed E-state index contributed by atoms with van der Waals surface area (Å²) < 4.78 is 38.6. The summed E-state index contributed by atoms with van der Waals surface area (Å²) in [4.78, 5) is 0.0965. The number of fused-ring (bicyclic) bond motifs is 1. The third kappa shape index (κ3) is 5.91. The molecule has 0 bridgehead atoms. The maximum Gasteiger partial charge on any atom is 0.238 e. The molecule has 0 unspecified atom stereocenters. The van der Waals surface area contributed by atoms with Gasteiger partial charge < -0.3 is 24.6 Å². The Morgan fingerprint density at radius 3 is 2.57 bits per heavy atom. The van der Waals surface area contributed by atoms with Crippen LogP contribution in [0.2, 0.25) is 0 Å². The molecule has 0 fully saturated rings. The number of nitrogens with two attached hydrogens (primary N) is 1. The molecule has 0 saturated carbocycles. The number of hydrogen-bond donors (Lipinski definition) is 3. The van der Waals surface area contributed by atoms with Gasteiger partial charge in [-0.25, -0.2) is 13.6 Å². The summed E-state index contributed by atoms with van der Waals surface area (Å²) in [5.74, 6) is 1.44. The topological polar surface area (TPSA) is 120 Å². The van der Waals surface area contributed by atoms with Crippen molar-refractivity contribution >= 4 is 10.0 Å². The number of rotatable bonds is 10. The quantitative estimate of drug-likeness (QED) is 0.497. The Hall–Kier alpha value is -2.17. The standard InChI is InChI=1S/C19H24N2O6S/c20-28(23,24)17-4-1-14(2-5-17)7-8-21-10-16(22)12-25-11-15-3-6-18-19(9-15)27-13-26-18/h1-6,9,16,21-22H,7-8,10-13H2,(H2,20,23,24)/t16-/m0/s1. The highest BCUT2D eigenvalue weighted by Crippen LogP contribution is 2.32. The average Bonchev–Trinajstić information content (AvgIpc) is 3.13. The minimum Gasteiger partial charge on any atom is -0.454 e. The molecule has 1 heterocycles. The number of hydrogen-bond acceptors (Lipinski definition) is 7. The van der Waals surface area contributed by atoms with Crippen molar-refractivity contribution in [3.63, 3.8) is 0 Å². The van der Waals surface area contributed by atoms with E-state index in [4.69, 9.17) is 19.3 Å². The minimum absolute atomic E-state index is 0.0965. The molecule has 0 aliphatic carbocycles. The zero-order valence-electron chi connectivity index (χ0n) is 15.3. The summed E-state index contributed by atoms with van der Waals surface area (Å²) in [5, 5.41) is 18.2. The van der Waals surface area contributed by atoms with Crippen LogP contribution in [0.25, 0.3) is 0 Å². The highest BCUT2D eigenvalue weighted by molar-refractivity contribution is 7.89. The molecule has 0 spiro atoms. The molecule has 0 radical (unpaired) electrons. The number of ether oxygens (including phenoxy) is 3. The summed E-state index contributed by atoms with van der Waals surface area (Å²) in [6.45, 7) is 1.87. The van der Waals surface area contributed by atoms with Crippen molar-refractivity contribution in [1.82, 2.24) is 5.32 Å². The third-order valence-corrected chi connectivity index (χ3v) is 5.17. The van der Waals surface area contributed by atoms with Gasteiger partial charge in [0.15, 0.2) is 11.5 Å². The molecule has 3 rings (SSSR count). The van der Waals surface area contributed by atoms with Crippen LogP contribution in [0.15, 0.2) is 47.4 Å². The number of sulfonamides is 1. The predicted molar refractivity (Wildman–Crippen MR) is 103 cm³/mol. The molecule has 1 aliphatic heterocycles. The predicted octanol–water partition coefficient (Wildman–Crippen LogP) is 0.773. The summed E-state index contributed by atoms with van der Waals surface area (Å²) >= 11 is 0. The smallest absolute Gasteiger partial charge is 0.238 e. The number of primary sulfonamides is 1. The second kappa shape index (κ2) is 9.35. The van der Waals surface area contributed by atoms with Crippen LogP contribution >= 0.6 is 0 Å². The molecule has 9 heteroatoms. The van der Waals surface area contributed by atoms with Crippen LogP contribution in [0, 0.1) is 0 Å². The first-order valence-corrected chi connectivity index (χ1v) is 10.4. The molecule has 8 nitrogen and oxygen atoms in total. The van der Waals surface area contributed by atoms with Gasteiger partial charge >= 0.3 is 0 Å². The Bertz CT molecular complexity index is 886. The molecule has 28 heavy (non-hydrogen) atoms. The van der Waals surface area contributed by atoms with Gasteiger partial charge in [0.05, 0.1) is 24.2 Å². The Balaban J connectivity index is 1.31. The van der Waals surface area contributed by atoms with E-state index in [2.05, 4.69) is 5.32 Å². The van der Waals surface area contributed by atoms with E-state index in [1.165, 1.54) is 12.1 Å². The Morgan fingerprint density at radius 1 is 1.11 bits per heavy atom. The van der Waals surface area contributed by atoms with E-state index in [0.29, 0.717) is 31.9 Å². The second-order valence-electron chi connectivity index (χ2n) is 6.50. The van der Waals surface area contributed by atoms with Gasteiger partial charge in [0.2, 0.25) is 16.8 Å². The lowest BCUT2D eigenvalue weighted by Gasteiger charge is -2.13. The fourth-order valence-corrected chi connectivity index (χ4v) is 3.27. The van der Waals surface area contributed by atoms with Crippen molar-refractivity contribution in [3.05, 3.63) is 53.6 Å². The minimum atomic E-state index is -3.66. The van der Waals surface area contributed by atoms with Crippen molar-refractivity contribution in [2.24, 2.45) is 5.14 Å². The fourth-order valence-electron chi connectivity index (χ4n) is 2.75. The molecule has 4 N–H and O–H groups in total. The summed E-state index contributed by atoms with van der Waals surface area (Å²) in [7, 11) is -3.66. The van der Waals surface area contributed by atoms with E-state index in [-0.39, 0.29) is 18.3 Å². The highest BCUT2D eigenvalue weighted by atomic mass is 32.2. The lowest BCUT2D eigenvalue weighted by Crippen LogP contribution is -2.31. The number of nitrogens with one attached hydrogen (secondary N) is 1. The largest absolute Gasteiger partial charge is 0.454 e. The van der Waals surface area contributed by atoms with Crippen LogP contribution in [0.4, 0.5) is 0 Å². The maximum absolute atomic E-state index is 11.2. The summed E-state index contributed by atoms with van der Waals surface area (Å²) in [6.07, 6.45) is 0.0779. The molecular formula is C19H24N2O6S. The average molecular weight is 408 g/mol. The molecule has 2 aromatic carbocycles. The Labute approximate surface area is 164 Å². The maximum atomic E-state index is 11.2. The van der Waals surface area contributed by atoms with E-state index in [1.807, 2.05) is 18.2 Å². The second-order valence-corrected chi connectivity index (χ2v) is 8.06. The van der Waals surface area contributed by atoms with Crippen LogP contribution in [-0.2, 0) is 27.8 Å². The van der Waals surface area contributed by atoms with E-state index >= 15 is 0 Å². The molecular weight excluding hydrogens is 384 g/mol. The first-order chi connectivity index (χ1) is 13.4. The normalized spacial score (nSPS) is 14.2. The highest BCUT2D eigenvalue weighted by Gasteiger charge is 2.13. The molecule has 152 valence electrons. The molecule has 0 amide bonds.